The summed E-state index contributed by atoms with van der Waals surface area (Å²) in [4.78, 5) is 0. The van der Waals surface area contributed by atoms with Crippen molar-refractivity contribution in [2.75, 3.05) is 0 Å². The van der Waals surface area contributed by atoms with Gasteiger partial charge in [0.15, 0.2) is 0 Å². The van der Waals surface area contributed by atoms with Gasteiger partial charge in [-0.1, -0.05) is 0 Å². The van der Waals surface area contributed by atoms with Gasteiger partial charge in [0, 0.05) is 6.08 Å². The van der Waals surface area contributed by atoms with E-state index in [0.29, 0.717) is 16.2 Å². The molecule has 0 fully saturated rings. The molecule has 1 aromatic heterocycles. The number of aliphatic hydroxyl groups excluding tert-OH is 1. The number of halogens is 3. The molecule has 0 aliphatic carbocycles. The molecule has 66 valence electrons. The fourth-order valence-electron chi connectivity index (χ4n) is 0.684. The van der Waals surface area contributed by atoms with Crippen LogP contribution in [0.2, 0.25) is 0 Å². The van der Waals surface area contributed by atoms with Crippen molar-refractivity contribution in [3.8, 4) is 0 Å². The molecule has 0 amide bonds. The second-order valence-electron chi connectivity index (χ2n) is 1.99. The SMILES string of the molecule is OCc1[nH]nc(C=C(F)F)c1Br. The Balaban J connectivity index is 3.02. The maximum atomic E-state index is 11.7. The van der Waals surface area contributed by atoms with Crippen molar-refractivity contribution in [1.82, 2.24) is 10.2 Å². The molecule has 1 aromatic rings. The maximum absolute atomic E-state index is 11.7. The summed E-state index contributed by atoms with van der Waals surface area (Å²) in [7, 11) is 0. The van der Waals surface area contributed by atoms with Crippen LogP contribution in [0.25, 0.3) is 6.08 Å². The number of nitrogens with zero attached hydrogens (tertiary/aromatic N) is 1. The summed E-state index contributed by atoms with van der Waals surface area (Å²) in [6.07, 6.45) is -1.22. The molecule has 0 saturated carbocycles. The number of H-pyrrole nitrogens is 1. The molecule has 1 rings (SSSR count). The molecule has 2 N–H and O–H groups in total. The smallest absolute Gasteiger partial charge is 0.272 e. The summed E-state index contributed by atoms with van der Waals surface area (Å²) in [5, 5.41) is 14.6. The number of aliphatic hydroxyl groups is 1. The Morgan fingerprint density at radius 3 is 2.75 bits per heavy atom. The molecule has 3 nitrogen and oxygen atoms in total. The van der Waals surface area contributed by atoms with Crippen molar-refractivity contribution in [3.05, 3.63) is 21.9 Å². The largest absolute Gasteiger partial charge is 0.390 e. The zero-order valence-corrected chi connectivity index (χ0v) is 7.40. The normalized spacial score (nSPS) is 10.0. The Kier molecular flexibility index (Phi) is 2.93. The van der Waals surface area contributed by atoms with Crippen LogP contribution in [-0.2, 0) is 6.61 Å². The van der Waals surface area contributed by atoms with Crippen molar-refractivity contribution in [2.24, 2.45) is 0 Å². The highest BCUT2D eigenvalue weighted by Crippen LogP contribution is 2.21. The van der Waals surface area contributed by atoms with Crippen LogP contribution in [0.15, 0.2) is 10.6 Å². The van der Waals surface area contributed by atoms with Crippen LogP contribution in [0.4, 0.5) is 8.78 Å². The predicted molar refractivity (Wildman–Crippen MR) is 42.4 cm³/mol. The van der Waals surface area contributed by atoms with Gasteiger partial charge in [-0.15, -0.1) is 0 Å². The van der Waals surface area contributed by atoms with Gasteiger partial charge in [0.2, 0.25) is 0 Å². The fraction of sp³-hybridized carbons (Fsp3) is 0.167. The fourth-order valence-corrected chi connectivity index (χ4v) is 1.10. The van der Waals surface area contributed by atoms with Crippen molar-refractivity contribution in [1.29, 1.82) is 0 Å². The monoisotopic (exact) mass is 238 g/mol. The molecule has 0 bridgehead atoms. The molecule has 0 aromatic carbocycles. The molecular weight excluding hydrogens is 234 g/mol. The first kappa shape index (κ1) is 9.34. The molecule has 0 spiro atoms. The van der Waals surface area contributed by atoms with Gasteiger partial charge in [0.1, 0.15) is 5.69 Å². The van der Waals surface area contributed by atoms with Gasteiger partial charge in [0.05, 0.1) is 16.8 Å². The van der Waals surface area contributed by atoms with Gasteiger partial charge in [-0.25, -0.2) is 0 Å². The average molecular weight is 239 g/mol. The third-order valence-electron chi connectivity index (χ3n) is 1.21. The van der Waals surface area contributed by atoms with Crippen molar-refractivity contribution >= 4 is 22.0 Å². The zero-order valence-electron chi connectivity index (χ0n) is 5.81. The van der Waals surface area contributed by atoms with Crippen LogP contribution in [0.5, 0.6) is 0 Å². The molecule has 1 heterocycles. The van der Waals surface area contributed by atoms with Crippen molar-refractivity contribution in [2.45, 2.75) is 6.61 Å². The van der Waals surface area contributed by atoms with Gasteiger partial charge in [-0.2, -0.15) is 13.9 Å². The van der Waals surface area contributed by atoms with Crippen molar-refractivity contribution < 1.29 is 13.9 Å². The lowest BCUT2D eigenvalue weighted by Crippen LogP contribution is -1.82. The molecular formula is C6H5BrF2N2O. The number of hydrogen-bond acceptors (Lipinski definition) is 2. The van der Waals surface area contributed by atoms with E-state index in [1.807, 2.05) is 0 Å². The minimum atomic E-state index is -1.83. The Bertz CT molecular complexity index is 306. The standard InChI is InChI=1S/C6H5BrF2N2O/c7-6-3(1-5(8)9)10-11-4(6)2-12/h1,12H,2H2,(H,10,11). The number of nitrogens with one attached hydrogen (secondary N) is 1. The van der Waals surface area contributed by atoms with Crippen LogP contribution in [-0.4, -0.2) is 15.3 Å². The van der Waals surface area contributed by atoms with Gasteiger partial charge in [-0.05, 0) is 15.9 Å². The summed E-state index contributed by atoms with van der Waals surface area (Å²) < 4.78 is 23.8. The van der Waals surface area contributed by atoms with E-state index in [4.69, 9.17) is 5.11 Å². The van der Waals surface area contributed by atoms with Crippen LogP contribution >= 0.6 is 15.9 Å². The molecule has 0 saturated heterocycles. The summed E-state index contributed by atoms with van der Waals surface area (Å²) in [5.41, 5.74) is 0.460. The van der Waals surface area contributed by atoms with E-state index in [1.165, 1.54) is 0 Å². The van der Waals surface area contributed by atoms with E-state index in [9.17, 15) is 8.78 Å². The van der Waals surface area contributed by atoms with Crippen molar-refractivity contribution in [3.63, 3.8) is 0 Å². The molecule has 0 unspecified atom stereocenters. The second-order valence-corrected chi connectivity index (χ2v) is 2.79. The maximum Gasteiger partial charge on any atom is 0.272 e. The first-order valence-electron chi connectivity index (χ1n) is 3.01. The number of hydrogen-bond donors (Lipinski definition) is 2. The van der Waals surface area contributed by atoms with Crippen LogP contribution in [0, 0.1) is 0 Å². The minimum Gasteiger partial charge on any atom is -0.390 e. The Morgan fingerprint density at radius 1 is 1.67 bits per heavy atom. The quantitative estimate of drug-likeness (QED) is 0.827. The number of aromatic amines is 1. The summed E-state index contributed by atoms with van der Waals surface area (Å²) in [6.45, 7) is -0.269. The Labute approximate surface area is 75.2 Å². The van der Waals surface area contributed by atoms with Crippen LogP contribution < -0.4 is 0 Å². The van der Waals surface area contributed by atoms with Gasteiger partial charge < -0.3 is 5.11 Å². The van der Waals surface area contributed by atoms with Gasteiger partial charge >= 0.3 is 0 Å². The van der Waals surface area contributed by atoms with Gasteiger partial charge in [0.25, 0.3) is 6.08 Å². The highest BCUT2D eigenvalue weighted by molar-refractivity contribution is 9.10. The van der Waals surface area contributed by atoms with E-state index in [1.54, 1.807) is 0 Å². The lowest BCUT2D eigenvalue weighted by molar-refractivity contribution is 0.276. The van der Waals surface area contributed by atoms with E-state index < -0.39 is 6.08 Å². The average Bonchev–Trinajstić information content (AvgIpc) is 2.32. The zero-order chi connectivity index (χ0) is 9.14. The molecule has 0 aliphatic rings. The molecule has 0 aliphatic heterocycles. The number of rotatable bonds is 2. The van der Waals surface area contributed by atoms with E-state index >= 15 is 0 Å². The lowest BCUT2D eigenvalue weighted by Gasteiger charge is -1.88. The van der Waals surface area contributed by atoms with E-state index in [0.717, 1.165) is 0 Å². The topological polar surface area (TPSA) is 48.9 Å². The highest BCUT2D eigenvalue weighted by atomic mass is 79.9. The minimum absolute atomic E-state index is 0.0825. The highest BCUT2D eigenvalue weighted by Gasteiger charge is 2.08. The third kappa shape index (κ3) is 1.89. The first-order chi connectivity index (χ1) is 5.65. The Hall–Kier alpha value is -0.750. The molecule has 12 heavy (non-hydrogen) atoms. The predicted octanol–water partition coefficient (Wildman–Crippen LogP) is 1.90. The lowest BCUT2D eigenvalue weighted by atomic mass is 10.3. The third-order valence-corrected chi connectivity index (χ3v) is 2.09. The number of aromatic nitrogens is 2. The van der Waals surface area contributed by atoms with Crippen LogP contribution in [0.3, 0.4) is 0 Å². The summed E-state index contributed by atoms with van der Waals surface area (Å²) in [5.74, 6) is 0. The molecule has 0 atom stereocenters. The van der Waals surface area contributed by atoms with E-state index in [-0.39, 0.29) is 12.3 Å². The Morgan fingerprint density at radius 2 is 2.33 bits per heavy atom. The van der Waals surface area contributed by atoms with Crippen LogP contribution in [0.1, 0.15) is 11.4 Å². The van der Waals surface area contributed by atoms with E-state index in [2.05, 4.69) is 26.1 Å². The molecule has 6 heteroatoms. The van der Waals surface area contributed by atoms with Gasteiger partial charge in [-0.3, -0.25) is 5.10 Å². The summed E-state index contributed by atoms with van der Waals surface area (Å²) >= 11 is 3.01. The summed E-state index contributed by atoms with van der Waals surface area (Å²) in [6, 6.07) is 0. The first-order valence-corrected chi connectivity index (χ1v) is 3.80. The second kappa shape index (κ2) is 3.77. The molecule has 0 radical (unpaired) electrons.